The van der Waals surface area contributed by atoms with Crippen molar-refractivity contribution in [3.05, 3.63) is 243 Å². The third kappa shape index (κ3) is 42.4. The Morgan fingerprint density at radius 3 is 1.16 bits per heavy atom. The van der Waals surface area contributed by atoms with E-state index in [-0.39, 0.29) is 35.6 Å². The van der Waals surface area contributed by atoms with E-state index >= 15 is 0 Å². The van der Waals surface area contributed by atoms with Crippen LogP contribution in [0.5, 0.6) is 57.5 Å². The van der Waals surface area contributed by atoms with Crippen LogP contribution in [0.25, 0.3) is 0 Å². The SMILES string of the molecule is CC(C)CCc1ccc(S(F)(F)(F)(F)F)cc1.CC(C)CCc1ccc2c(c1)CC(=O)O2.CC(C)CCc1ccc2c(c1)CCCO2.CC(C)CCc1ccc2c(c1)OC(F)(F)O2.CC(C)CCc1ccc2c(c1)OCCC2.CC(C)CCc1ccc2c(c1)OCCN2C.CC(C)CCc1ccc2c(c1)OCCO2.CC(C)CCc1ccc2c(c1)OCO2.CC(C)NCc1cccc(S(F)(F)(F)(F)F)c1. The number of hydrogen-bond acceptors (Lipinski definition) is 13. The zero-order valence-electron chi connectivity index (χ0n) is 85.7. The Balaban J connectivity index is 0.000000193. The average Bonchev–Trinajstić information content (AvgIpc) is 1.14. The van der Waals surface area contributed by atoms with Gasteiger partial charge in [-0.2, -0.15) is 0 Å². The van der Waals surface area contributed by atoms with Crippen molar-refractivity contribution in [3.8, 4) is 57.5 Å². The lowest BCUT2D eigenvalue weighted by molar-refractivity contribution is -0.286. The average molecular weight is 2010 g/mol. The molecule has 0 amide bonds. The van der Waals surface area contributed by atoms with Crippen molar-refractivity contribution in [2.75, 3.05) is 58.3 Å². The number of benzene rings is 9. The predicted octanol–water partition coefficient (Wildman–Crippen LogP) is 33.5. The van der Waals surface area contributed by atoms with E-state index in [9.17, 15) is 52.4 Å². The summed E-state index contributed by atoms with van der Waals surface area (Å²) in [6, 6.07) is 50.0. The number of fused-ring (bicyclic) bond motifs is 7. The molecule has 0 unspecified atom stereocenters. The number of halogens is 12. The van der Waals surface area contributed by atoms with Crippen molar-refractivity contribution < 1.29 is 99.8 Å². The van der Waals surface area contributed by atoms with E-state index in [0.29, 0.717) is 74.5 Å². The molecule has 0 fully saturated rings. The number of alkyl halides is 2. The fraction of sp³-hybridized carbons (Fsp3) is 0.513. The lowest BCUT2D eigenvalue weighted by atomic mass is 9.98. The second kappa shape index (κ2) is 51.5. The Morgan fingerprint density at radius 2 is 0.679 bits per heavy atom. The lowest BCUT2D eigenvalue weighted by Crippen LogP contribution is -2.28. The van der Waals surface area contributed by atoms with Crippen molar-refractivity contribution in [2.24, 2.45) is 47.3 Å². The molecule has 9 aromatic carbocycles. The van der Waals surface area contributed by atoms with Gasteiger partial charge in [0.1, 0.15) is 52.6 Å². The summed E-state index contributed by atoms with van der Waals surface area (Å²) in [6.07, 6.45) is 19.2. The van der Waals surface area contributed by atoms with Crippen LogP contribution in [0.1, 0.15) is 256 Å². The van der Waals surface area contributed by atoms with E-state index in [4.69, 9.17) is 37.9 Å². The zero-order chi connectivity index (χ0) is 103. The molecule has 0 radical (unpaired) electrons. The van der Waals surface area contributed by atoms with Crippen LogP contribution in [0.3, 0.4) is 0 Å². The molecule has 13 nitrogen and oxygen atoms in total. The number of rotatable bonds is 29. The van der Waals surface area contributed by atoms with E-state index in [1.54, 1.807) is 12.1 Å². The number of nitrogens with one attached hydrogen (secondary N) is 1. The molecule has 7 aliphatic rings. The Labute approximate surface area is 826 Å². The maximum atomic E-state index is 12.7. The Kier molecular flexibility index (Phi) is 42.5. The van der Waals surface area contributed by atoms with E-state index in [1.165, 1.54) is 139 Å². The predicted molar refractivity (Wildman–Crippen MR) is 547 cm³/mol. The maximum Gasteiger partial charge on any atom is 0.586 e. The third-order valence-electron chi connectivity index (χ3n) is 23.8. The summed E-state index contributed by atoms with van der Waals surface area (Å²) in [7, 11) is -16.9. The molecule has 9 aromatic rings. The minimum absolute atomic E-state index is 0.0682. The molecule has 7 aliphatic heterocycles. The Morgan fingerprint density at radius 1 is 0.321 bits per heavy atom. The number of anilines is 1. The topological polar surface area (TPSA) is 125 Å². The molecule has 0 spiro atoms. The van der Waals surface area contributed by atoms with Crippen molar-refractivity contribution in [1.29, 1.82) is 0 Å². The van der Waals surface area contributed by atoms with E-state index in [0.717, 1.165) is 182 Å². The maximum absolute atomic E-state index is 12.7. The molecule has 27 heteroatoms. The summed E-state index contributed by atoms with van der Waals surface area (Å²) in [5.74, 6) is 13.3. The monoisotopic (exact) mass is 2010 g/mol. The number of ether oxygens (including phenoxy) is 10. The summed E-state index contributed by atoms with van der Waals surface area (Å²) in [5.41, 5.74) is 15.1. The fourth-order valence-electron chi connectivity index (χ4n) is 15.3. The first kappa shape index (κ1) is 116. The number of esters is 1. The molecule has 1 N–H and O–H groups in total. The van der Waals surface area contributed by atoms with Crippen LogP contribution in [0.2, 0.25) is 0 Å². The van der Waals surface area contributed by atoms with Crippen molar-refractivity contribution in [2.45, 2.75) is 288 Å². The zero-order valence-corrected chi connectivity index (χ0v) is 87.4. The first-order valence-electron chi connectivity index (χ1n) is 49.9. The van der Waals surface area contributed by atoms with Gasteiger partial charge in [-0.05, 0) is 328 Å². The van der Waals surface area contributed by atoms with Crippen LogP contribution >= 0.6 is 20.4 Å². The largest absolute Gasteiger partial charge is 0.586 e. The summed E-state index contributed by atoms with van der Waals surface area (Å²) in [5, 5.41) is 2.87. The first-order valence-corrected chi connectivity index (χ1v) is 53.8. The molecule has 7 heterocycles. The van der Waals surface area contributed by atoms with Gasteiger partial charge < -0.3 is 57.6 Å². The van der Waals surface area contributed by atoms with E-state index in [1.807, 2.05) is 45.9 Å². The molecule has 140 heavy (non-hydrogen) atoms. The minimum Gasteiger partial charge on any atom is -0.493 e. The van der Waals surface area contributed by atoms with Crippen LogP contribution in [0.4, 0.5) is 53.3 Å². The summed E-state index contributed by atoms with van der Waals surface area (Å²) in [4.78, 5) is 9.65. The van der Waals surface area contributed by atoms with Gasteiger partial charge in [-0.15, -0.1) is 8.78 Å². The summed E-state index contributed by atoms with van der Waals surface area (Å²) in [6.45, 7) is 44.3. The van der Waals surface area contributed by atoms with Gasteiger partial charge >= 0.3 is 32.7 Å². The number of carbonyl (C=O) groups is 1. The number of carbonyl (C=O) groups excluding carboxylic acids is 1. The minimum atomic E-state index is -9.55. The van der Waals surface area contributed by atoms with Gasteiger partial charge in [0.25, 0.3) is 0 Å². The highest BCUT2D eigenvalue weighted by molar-refractivity contribution is 8.46. The molecule has 778 valence electrons. The molecule has 0 bridgehead atoms. The van der Waals surface area contributed by atoms with Crippen molar-refractivity contribution in [3.63, 3.8) is 0 Å². The fourth-order valence-corrected chi connectivity index (χ4v) is 16.6. The van der Waals surface area contributed by atoms with Gasteiger partial charge in [0.05, 0.1) is 31.9 Å². The van der Waals surface area contributed by atoms with Crippen molar-refractivity contribution in [1.82, 2.24) is 5.32 Å². The number of likely N-dealkylation sites (N-methyl/N-ethyl adjacent to an activating group) is 1. The standard InChI is InChI=1S/C14H21NO.2C14H20O.C13H16O2.C13H18O2.C12H14F2O2.C12H16O2.C11H15F5S.C10H14F5NS/c1-11(2)4-5-12-6-7-13-14(10-12)16-9-8-15(13)3;1-11(2)5-6-12-7-8-14-13(10-12)4-3-9-15-14;1-11(2)5-6-12-7-8-13-4-3-9-15-14(13)10-12;1-9(2)3-4-10-5-6-12-11(7-10)8-13(14)15-12;1-10(2)3-4-11-5-6-12-13(9-11)15-8-7-14-12;1-8(2)3-4-9-5-6-10-11(7-9)16-12(13,14)15-10;1-9(2)3-4-10-5-6-11-12(7-10)14-8-13-11;1-9(2)3-4-10-5-7-11(8-6-10)17(12,13,14,15)16;1-8(2)16-7-9-4-3-5-10(6-9)17(11,12,13,14)15/h6-7,10-11H,4-5,8-9H2,1-3H3;2*7-8,10-11H,3-6,9H2,1-2H3;5-7,9H,3-4,8H2,1-2H3;5-6,9-10H,3-4,7-8H2,1-2H3;5-8H,3-4H2,1-2H3;5-7,9H,3-4,8H2,1-2H3;5-9H,3-4H2,1-2H3;3-6,8,16H,7H2,1-2H3. The molecule has 0 atom stereocenters. The third-order valence-corrected chi connectivity index (χ3v) is 26.1. The molecule has 0 saturated heterocycles. The number of aryl methyl sites for hydroxylation is 10. The van der Waals surface area contributed by atoms with Gasteiger partial charge in [0, 0.05) is 25.2 Å². The number of nitrogens with zero attached hydrogens (tertiary/aromatic N) is 1. The molecule has 0 aromatic heterocycles. The smallest absolute Gasteiger partial charge is 0.493 e. The van der Waals surface area contributed by atoms with Crippen LogP contribution in [-0.4, -0.2) is 71.7 Å². The van der Waals surface area contributed by atoms with Crippen LogP contribution in [0.15, 0.2) is 186 Å². The van der Waals surface area contributed by atoms with Gasteiger partial charge in [0.2, 0.25) is 6.79 Å². The lowest BCUT2D eigenvalue weighted by Gasteiger charge is -2.40. The van der Waals surface area contributed by atoms with Crippen molar-refractivity contribution >= 4 is 32.1 Å². The Bertz CT molecular complexity index is 5190. The molecular formula is C113H154F12N2O11S2. The highest BCUT2D eigenvalue weighted by Crippen LogP contribution is 3.03. The van der Waals surface area contributed by atoms with E-state index in [2.05, 4.69) is 215 Å². The van der Waals surface area contributed by atoms with Crippen LogP contribution in [-0.2, 0) is 82.0 Å². The number of hydrogen-bond donors (Lipinski definition) is 1. The highest BCUT2D eigenvalue weighted by atomic mass is 32.5. The second-order valence-corrected chi connectivity index (χ2v) is 45.6. The normalized spacial score (nSPS) is 15.3. The summed E-state index contributed by atoms with van der Waals surface area (Å²) >= 11 is 0. The Hall–Kier alpha value is -9.73. The molecule has 0 aliphatic carbocycles. The highest BCUT2D eigenvalue weighted by Gasteiger charge is 2.66. The molecule has 0 saturated carbocycles. The van der Waals surface area contributed by atoms with Crippen LogP contribution in [0, 0.1) is 47.3 Å². The van der Waals surface area contributed by atoms with Gasteiger partial charge in [-0.1, -0.05) is 248 Å². The van der Waals surface area contributed by atoms with Crippen LogP contribution < -0.4 is 57.6 Å². The molecule has 16 rings (SSSR count). The van der Waals surface area contributed by atoms with E-state index < -0.39 is 36.5 Å². The molecular weight excluding hydrogens is 1850 g/mol. The quantitative estimate of drug-likeness (QED) is 0.0272. The van der Waals surface area contributed by atoms with Gasteiger partial charge in [0.15, 0.2) is 34.5 Å². The van der Waals surface area contributed by atoms with Gasteiger partial charge in [-0.3, -0.25) is 4.79 Å². The second-order valence-electron chi connectivity index (χ2n) is 40.8. The summed E-state index contributed by atoms with van der Waals surface area (Å²) < 4.78 is 202. The van der Waals surface area contributed by atoms with Gasteiger partial charge in [-0.25, -0.2) is 0 Å². The first-order chi connectivity index (χ1) is 65.6.